The monoisotopic (exact) mass is 266 g/mol. The van der Waals surface area contributed by atoms with Crippen LogP contribution in [0.2, 0.25) is 0 Å². The van der Waals surface area contributed by atoms with Crippen molar-refractivity contribution in [2.75, 3.05) is 11.9 Å². The van der Waals surface area contributed by atoms with Crippen LogP contribution in [0.3, 0.4) is 0 Å². The molecule has 6 nitrogen and oxygen atoms in total. The number of hydrogen-bond donors (Lipinski definition) is 1. The molecule has 96 valence electrons. The Bertz CT molecular complexity index is 548. The van der Waals surface area contributed by atoms with E-state index in [1.807, 2.05) is 11.4 Å². The van der Waals surface area contributed by atoms with Crippen molar-refractivity contribution in [3.05, 3.63) is 38.2 Å². The summed E-state index contributed by atoms with van der Waals surface area (Å²) >= 11 is 1.68. The lowest BCUT2D eigenvalue weighted by molar-refractivity contribution is -0.384. The maximum absolute atomic E-state index is 11.0. The van der Waals surface area contributed by atoms with E-state index in [1.54, 1.807) is 25.3 Å². The minimum Gasteiger partial charge on any atom is -0.364 e. The topological polar surface area (TPSA) is 73.0 Å². The molecule has 2 heterocycles. The fourth-order valence-corrected chi connectivity index (χ4v) is 2.53. The molecule has 2 aromatic rings. The first-order valence-corrected chi connectivity index (χ1v) is 6.42. The van der Waals surface area contributed by atoms with Crippen molar-refractivity contribution in [2.45, 2.75) is 13.3 Å². The highest BCUT2D eigenvalue weighted by Crippen LogP contribution is 2.27. The summed E-state index contributed by atoms with van der Waals surface area (Å²) < 4.78 is 1.52. The van der Waals surface area contributed by atoms with Crippen LogP contribution in [0.4, 0.5) is 11.5 Å². The maximum atomic E-state index is 11.0. The predicted octanol–water partition coefficient (Wildman–Crippen LogP) is 2.35. The number of nitrogens with one attached hydrogen (secondary N) is 1. The number of nitrogens with zero attached hydrogens (tertiary/aromatic N) is 3. The molecular weight excluding hydrogens is 252 g/mol. The van der Waals surface area contributed by atoms with Gasteiger partial charge in [0.05, 0.1) is 4.92 Å². The Morgan fingerprint density at radius 3 is 3.00 bits per heavy atom. The van der Waals surface area contributed by atoms with Gasteiger partial charge >= 0.3 is 5.69 Å². The summed E-state index contributed by atoms with van der Waals surface area (Å²) in [4.78, 5) is 11.8. The van der Waals surface area contributed by atoms with Crippen molar-refractivity contribution in [1.29, 1.82) is 0 Å². The van der Waals surface area contributed by atoms with Gasteiger partial charge in [0, 0.05) is 18.5 Å². The molecule has 0 aliphatic heterocycles. The number of rotatable bonds is 5. The van der Waals surface area contributed by atoms with Crippen LogP contribution in [0, 0.1) is 17.0 Å². The zero-order valence-electron chi connectivity index (χ0n) is 10.2. The van der Waals surface area contributed by atoms with E-state index < -0.39 is 4.92 Å². The van der Waals surface area contributed by atoms with Crippen LogP contribution in [0.1, 0.15) is 10.6 Å². The molecular formula is C11H14N4O2S. The van der Waals surface area contributed by atoms with E-state index in [0.717, 1.165) is 6.42 Å². The molecule has 7 heteroatoms. The Hall–Kier alpha value is -1.89. The SMILES string of the molecule is Cc1nn(C)c(NCCc2cccs2)c1[N+](=O)[O-]. The molecule has 0 saturated heterocycles. The predicted molar refractivity (Wildman–Crippen MR) is 71.1 cm³/mol. The number of thiophene rings is 1. The van der Waals surface area contributed by atoms with Gasteiger partial charge in [-0.05, 0) is 24.8 Å². The Balaban J connectivity index is 2.07. The minimum absolute atomic E-state index is 0.0590. The third-order valence-corrected chi connectivity index (χ3v) is 3.55. The number of anilines is 1. The molecule has 0 aliphatic carbocycles. The average molecular weight is 266 g/mol. The molecule has 2 aromatic heterocycles. The Morgan fingerprint density at radius 2 is 2.39 bits per heavy atom. The van der Waals surface area contributed by atoms with E-state index in [1.165, 1.54) is 9.56 Å². The van der Waals surface area contributed by atoms with E-state index in [9.17, 15) is 10.1 Å². The van der Waals surface area contributed by atoms with Gasteiger partial charge in [-0.15, -0.1) is 11.3 Å². The fraction of sp³-hybridized carbons (Fsp3) is 0.364. The van der Waals surface area contributed by atoms with Crippen LogP contribution >= 0.6 is 11.3 Å². The highest BCUT2D eigenvalue weighted by molar-refractivity contribution is 7.09. The van der Waals surface area contributed by atoms with E-state index in [4.69, 9.17) is 0 Å². The van der Waals surface area contributed by atoms with Gasteiger partial charge in [0.25, 0.3) is 0 Å². The maximum Gasteiger partial charge on any atom is 0.333 e. The van der Waals surface area contributed by atoms with E-state index in [0.29, 0.717) is 18.1 Å². The number of hydrogen-bond acceptors (Lipinski definition) is 5. The number of aromatic nitrogens is 2. The summed E-state index contributed by atoms with van der Waals surface area (Å²) in [5, 5.41) is 20.1. The molecule has 0 atom stereocenters. The largest absolute Gasteiger partial charge is 0.364 e. The Morgan fingerprint density at radius 1 is 1.61 bits per heavy atom. The highest BCUT2D eigenvalue weighted by Gasteiger charge is 2.23. The molecule has 1 N–H and O–H groups in total. The van der Waals surface area contributed by atoms with Gasteiger partial charge in [-0.2, -0.15) is 5.10 Å². The molecule has 0 aliphatic rings. The second kappa shape index (κ2) is 5.18. The van der Waals surface area contributed by atoms with Crippen LogP contribution < -0.4 is 5.32 Å². The summed E-state index contributed by atoms with van der Waals surface area (Å²) in [5.41, 5.74) is 0.491. The van der Waals surface area contributed by atoms with E-state index in [-0.39, 0.29) is 5.69 Å². The first-order valence-electron chi connectivity index (χ1n) is 5.54. The standard InChI is InChI=1S/C11H14N4O2S/c1-8-10(15(16)17)11(14(2)13-8)12-6-5-9-4-3-7-18-9/h3-4,7,12H,5-6H2,1-2H3. The molecule has 0 aromatic carbocycles. The van der Waals surface area contributed by atoms with E-state index >= 15 is 0 Å². The molecule has 0 amide bonds. The van der Waals surface area contributed by atoms with Crippen LogP contribution in [0.25, 0.3) is 0 Å². The van der Waals surface area contributed by atoms with Crippen molar-refractivity contribution in [2.24, 2.45) is 7.05 Å². The van der Waals surface area contributed by atoms with Gasteiger partial charge in [-0.25, -0.2) is 4.68 Å². The Kier molecular flexibility index (Phi) is 3.61. The van der Waals surface area contributed by atoms with E-state index in [2.05, 4.69) is 16.5 Å². The molecule has 2 rings (SSSR count). The summed E-state index contributed by atoms with van der Waals surface area (Å²) in [5.74, 6) is 0.467. The highest BCUT2D eigenvalue weighted by atomic mass is 32.1. The first-order chi connectivity index (χ1) is 8.59. The fourth-order valence-electron chi connectivity index (χ4n) is 1.82. The molecule has 0 fully saturated rings. The summed E-state index contributed by atoms with van der Waals surface area (Å²) in [6.45, 7) is 2.29. The third kappa shape index (κ3) is 2.51. The van der Waals surface area contributed by atoms with Gasteiger partial charge in [0.1, 0.15) is 5.69 Å². The van der Waals surface area contributed by atoms with Gasteiger partial charge in [-0.3, -0.25) is 10.1 Å². The van der Waals surface area contributed by atoms with Gasteiger partial charge < -0.3 is 5.32 Å². The minimum atomic E-state index is -0.393. The molecule has 0 saturated carbocycles. The number of aryl methyl sites for hydroxylation is 2. The zero-order valence-corrected chi connectivity index (χ0v) is 11.0. The summed E-state index contributed by atoms with van der Waals surface area (Å²) in [6, 6.07) is 4.05. The molecule has 0 radical (unpaired) electrons. The zero-order chi connectivity index (χ0) is 13.1. The van der Waals surface area contributed by atoms with Gasteiger partial charge in [0.15, 0.2) is 0 Å². The molecule has 0 unspecified atom stereocenters. The lowest BCUT2D eigenvalue weighted by Gasteiger charge is -2.04. The van der Waals surface area contributed by atoms with Gasteiger partial charge in [-0.1, -0.05) is 6.07 Å². The van der Waals surface area contributed by atoms with Crippen molar-refractivity contribution < 1.29 is 4.92 Å². The summed E-state index contributed by atoms with van der Waals surface area (Å²) in [6.07, 6.45) is 0.846. The normalized spacial score (nSPS) is 10.6. The van der Waals surface area contributed by atoms with Crippen molar-refractivity contribution in [1.82, 2.24) is 9.78 Å². The lowest BCUT2D eigenvalue weighted by atomic mass is 10.3. The summed E-state index contributed by atoms with van der Waals surface area (Å²) in [7, 11) is 1.70. The lowest BCUT2D eigenvalue weighted by Crippen LogP contribution is -2.09. The molecule has 18 heavy (non-hydrogen) atoms. The smallest absolute Gasteiger partial charge is 0.333 e. The molecule has 0 bridgehead atoms. The van der Waals surface area contributed by atoms with Crippen LogP contribution in [0.15, 0.2) is 17.5 Å². The Labute approximate surface area is 108 Å². The first kappa shape index (κ1) is 12.6. The second-order valence-electron chi connectivity index (χ2n) is 3.92. The second-order valence-corrected chi connectivity index (χ2v) is 4.95. The van der Waals surface area contributed by atoms with Crippen LogP contribution in [-0.4, -0.2) is 21.2 Å². The van der Waals surface area contributed by atoms with Crippen LogP contribution in [0.5, 0.6) is 0 Å². The van der Waals surface area contributed by atoms with Crippen molar-refractivity contribution in [3.63, 3.8) is 0 Å². The van der Waals surface area contributed by atoms with Crippen molar-refractivity contribution >= 4 is 22.8 Å². The third-order valence-electron chi connectivity index (χ3n) is 2.62. The van der Waals surface area contributed by atoms with Crippen LogP contribution in [-0.2, 0) is 13.5 Å². The van der Waals surface area contributed by atoms with Gasteiger partial charge in [0.2, 0.25) is 5.82 Å². The number of nitro groups is 1. The van der Waals surface area contributed by atoms with Crippen molar-refractivity contribution in [3.8, 4) is 0 Å². The average Bonchev–Trinajstić information content (AvgIpc) is 2.87. The quantitative estimate of drug-likeness (QED) is 0.666. The molecule has 0 spiro atoms.